The number of carbonyl (C=O) groups is 3. The summed E-state index contributed by atoms with van der Waals surface area (Å²) >= 11 is 7.45. The Morgan fingerprint density at radius 1 is 1.22 bits per heavy atom. The molecule has 32 heavy (non-hydrogen) atoms. The van der Waals surface area contributed by atoms with E-state index < -0.39 is 17.3 Å². The van der Waals surface area contributed by atoms with Gasteiger partial charge in [-0.05, 0) is 48.2 Å². The van der Waals surface area contributed by atoms with Crippen LogP contribution in [0.4, 0.5) is 16.2 Å². The van der Waals surface area contributed by atoms with E-state index in [0.29, 0.717) is 35.3 Å². The molecule has 2 unspecified atom stereocenters. The van der Waals surface area contributed by atoms with E-state index in [9.17, 15) is 14.4 Å². The van der Waals surface area contributed by atoms with Gasteiger partial charge < -0.3 is 14.5 Å². The van der Waals surface area contributed by atoms with Crippen LogP contribution in [0.2, 0.25) is 5.02 Å². The summed E-state index contributed by atoms with van der Waals surface area (Å²) in [5, 5.41) is 1.73. The first-order chi connectivity index (χ1) is 15.4. The minimum atomic E-state index is -0.531. The molecule has 4 amide bonds. The third-order valence-corrected chi connectivity index (χ3v) is 7.05. The lowest BCUT2D eigenvalue weighted by Gasteiger charge is -2.41. The summed E-state index contributed by atoms with van der Waals surface area (Å²) in [5.74, 6) is 0.108. The average molecular weight is 470 g/mol. The number of halogens is 1. The van der Waals surface area contributed by atoms with Crippen LogP contribution < -0.4 is 14.5 Å². The highest BCUT2D eigenvalue weighted by Gasteiger charge is 2.48. The highest BCUT2D eigenvalue weighted by atomic mass is 35.5. The highest BCUT2D eigenvalue weighted by Crippen LogP contribution is 2.37. The summed E-state index contributed by atoms with van der Waals surface area (Å²) in [6.45, 7) is 2.57. The zero-order chi connectivity index (χ0) is 22.4. The minimum absolute atomic E-state index is 0.150. The number of imide groups is 1. The van der Waals surface area contributed by atoms with Crippen molar-refractivity contribution in [1.82, 2.24) is 4.90 Å². The predicted octanol–water partition coefficient (Wildman–Crippen LogP) is 3.84. The smallest absolute Gasteiger partial charge is 0.332 e. The molecule has 0 spiro atoms. The average Bonchev–Trinajstić information content (AvgIpc) is 3.26. The Balaban J connectivity index is 1.46. The standard InChI is InChI=1S/C23H20ClN3O4S/c1-14-5-6-19-18(11-14)25(8-9-31-19)20(28)13-26-17-7-10-32-21(17)22(29)27(23(26)30)16-4-2-3-15(24)12-16/h2-7,10-12,17,21H,8-9,13H2,1H3. The van der Waals surface area contributed by atoms with E-state index in [1.165, 1.54) is 16.7 Å². The molecule has 2 atom stereocenters. The third-order valence-electron chi connectivity index (χ3n) is 5.72. The molecular weight excluding hydrogens is 450 g/mol. The number of nitrogens with zero attached hydrogens (tertiary/aromatic N) is 3. The van der Waals surface area contributed by atoms with Gasteiger partial charge in [-0.2, -0.15) is 0 Å². The maximum Gasteiger partial charge on any atom is 0.332 e. The van der Waals surface area contributed by atoms with Gasteiger partial charge >= 0.3 is 6.03 Å². The number of amides is 4. The van der Waals surface area contributed by atoms with Crippen LogP contribution >= 0.6 is 23.4 Å². The first kappa shape index (κ1) is 20.9. The first-order valence-corrected chi connectivity index (χ1v) is 11.5. The lowest BCUT2D eigenvalue weighted by atomic mass is 10.1. The molecule has 3 heterocycles. The molecule has 2 aromatic rings. The number of hydrogen-bond donors (Lipinski definition) is 0. The molecule has 9 heteroatoms. The van der Waals surface area contributed by atoms with Crippen LogP contribution in [-0.4, -0.2) is 53.7 Å². The predicted molar refractivity (Wildman–Crippen MR) is 124 cm³/mol. The van der Waals surface area contributed by atoms with Gasteiger partial charge in [-0.25, -0.2) is 9.69 Å². The van der Waals surface area contributed by atoms with Gasteiger partial charge in [0.05, 0.1) is 24.0 Å². The molecule has 0 aliphatic carbocycles. The normalized spacial score (nSPS) is 22.0. The number of benzene rings is 2. The zero-order valence-corrected chi connectivity index (χ0v) is 18.8. The van der Waals surface area contributed by atoms with Crippen molar-refractivity contribution in [3.63, 3.8) is 0 Å². The molecule has 3 aliphatic rings. The molecule has 0 aromatic heterocycles. The summed E-state index contributed by atoms with van der Waals surface area (Å²) in [7, 11) is 0. The minimum Gasteiger partial charge on any atom is -0.490 e. The maximum absolute atomic E-state index is 13.5. The number of urea groups is 1. The van der Waals surface area contributed by atoms with E-state index in [4.69, 9.17) is 16.3 Å². The van der Waals surface area contributed by atoms with E-state index >= 15 is 0 Å². The Hall–Kier alpha value is -2.97. The SMILES string of the molecule is Cc1ccc2c(c1)N(C(=O)CN1C(=O)N(c3cccc(Cl)c3)C(=O)C3SC=CC31)CCO2. The maximum atomic E-state index is 13.5. The Kier molecular flexibility index (Phi) is 5.35. The second-order valence-corrected chi connectivity index (χ2v) is 9.29. The number of fused-ring (bicyclic) bond motifs is 2. The third kappa shape index (κ3) is 3.53. The molecule has 0 radical (unpaired) electrons. The number of hydrogen-bond acceptors (Lipinski definition) is 5. The zero-order valence-electron chi connectivity index (χ0n) is 17.2. The number of rotatable bonds is 3. The van der Waals surface area contributed by atoms with Crippen LogP contribution in [0.1, 0.15) is 5.56 Å². The molecule has 0 N–H and O–H groups in total. The van der Waals surface area contributed by atoms with Gasteiger partial charge in [-0.3, -0.25) is 9.59 Å². The van der Waals surface area contributed by atoms with E-state index in [0.717, 1.165) is 10.5 Å². The van der Waals surface area contributed by atoms with Crippen molar-refractivity contribution in [2.45, 2.75) is 18.2 Å². The summed E-state index contributed by atoms with van der Waals surface area (Å²) in [6, 6.07) is 11.3. The van der Waals surface area contributed by atoms with Gasteiger partial charge in [0.15, 0.2) is 0 Å². The lowest BCUT2D eigenvalue weighted by molar-refractivity contribution is -0.123. The summed E-state index contributed by atoms with van der Waals surface area (Å²) in [5.41, 5.74) is 2.10. The molecule has 0 saturated carbocycles. The van der Waals surface area contributed by atoms with E-state index in [1.807, 2.05) is 36.6 Å². The van der Waals surface area contributed by atoms with Crippen molar-refractivity contribution < 1.29 is 19.1 Å². The topological polar surface area (TPSA) is 70.2 Å². The summed E-state index contributed by atoms with van der Waals surface area (Å²) in [6.07, 6.45) is 1.81. The van der Waals surface area contributed by atoms with Gasteiger partial charge in [0.1, 0.15) is 24.2 Å². The van der Waals surface area contributed by atoms with Gasteiger partial charge in [-0.1, -0.05) is 29.8 Å². The number of aryl methyl sites for hydroxylation is 1. The van der Waals surface area contributed by atoms with Gasteiger partial charge in [0, 0.05) is 5.02 Å². The van der Waals surface area contributed by atoms with Crippen LogP contribution in [0.25, 0.3) is 0 Å². The van der Waals surface area contributed by atoms with Gasteiger partial charge in [-0.15, -0.1) is 11.8 Å². The summed E-state index contributed by atoms with van der Waals surface area (Å²) < 4.78 is 5.69. The Morgan fingerprint density at radius 3 is 2.88 bits per heavy atom. The fraction of sp³-hybridized carbons (Fsp3) is 0.261. The molecule has 7 nitrogen and oxygen atoms in total. The molecule has 2 aromatic carbocycles. The van der Waals surface area contributed by atoms with Crippen molar-refractivity contribution in [3.8, 4) is 5.75 Å². The number of thioether (sulfide) groups is 1. The van der Waals surface area contributed by atoms with Crippen molar-refractivity contribution in [2.24, 2.45) is 0 Å². The lowest BCUT2D eigenvalue weighted by Crippen LogP contribution is -2.64. The fourth-order valence-electron chi connectivity index (χ4n) is 4.18. The number of carbonyl (C=O) groups excluding carboxylic acids is 3. The van der Waals surface area contributed by atoms with Gasteiger partial charge in [0.25, 0.3) is 5.91 Å². The van der Waals surface area contributed by atoms with Crippen LogP contribution in [0, 0.1) is 6.92 Å². The largest absolute Gasteiger partial charge is 0.490 e. The highest BCUT2D eigenvalue weighted by molar-refractivity contribution is 8.03. The first-order valence-electron chi connectivity index (χ1n) is 10.2. The van der Waals surface area contributed by atoms with Crippen molar-refractivity contribution in [3.05, 3.63) is 64.5 Å². The van der Waals surface area contributed by atoms with Crippen molar-refractivity contribution in [2.75, 3.05) is 29.5 Å². The van der Waals surface area contributed by atoms with E-state index in [1.54, 1.807) is 29.2 Å². The fourth-order valence-corrected chi connectivity index (χ4v) is 5.41. The second kappa shape index (κ2) is 8.18. The molecular formula is C23H20ClN3O4S. The Labute approximate surface area is 194 Å². The van der Waals surface area contributed by atoms with E-state index in [-0.39, 0.29) is 18.4 Å². The number of anilines is 2. The molecule has 164 valence electrons. The Morgan fingerprint density at radius 2 is 2.06 bits per heavy atom. The van der Waals surface area contributed by atoms with Crippen LogP contribution in [0.3, 0.4) is 0 Å². The Bertz CT molecular complexity index is 1150. The monoisotopic (exact) mass is 469 g/mol. The molecule has 5 rings (SSSR count). The van der Waals surface area contributed by atoms with Crippen molar-refractivity contribution in [1.29, 1.82) is 0 Å². The van der Waals surface area contributed by atoms with Crippen LogP contribution in [-0.2, 0) is 9.59 Å². The second-order valence-electron chi connectivity index (χ2n) is 7.80. The molecule has 1 saturated heterocycles. The van der Waals surface area contributed by atoms with E-state index in [2.05, 4.69) is 0 Å². The number of ether oxygens (including phenoxy) is 1. The van der Waals surface area contributed by atoms with Crippen LogP contribution in [0.5, 0.6) is 5.75 Å². The van der Waals surface area contributed by atoms with Crippen LogP contribution in [0.15, 0.2) is 53.9 Å². The summed E-state index contributed by atoms with van der Waals surface area (Å²) in [4.78, 5) is 44.2. The quantitative estimate of drug-likeness (QED) is 0.683. The molecule has 3 aliphatic heterocycles. The molecule has 1 fully saturated rings. The van der Waals surface area contributed by atoms with Crippen molar-refractivity contribution >= 4 is 52.6 Å². The van der Waals surface area contributed by atoms with Gasteiger partial charge in [0.2, 0.25) is 5.91 Å². The molecule has 0 bridgehead atoms.